The maximum atomic E-state index is 12.1. The van der Waals surface area contributed by atoms with E-state index in [-0.39, 0.29) is 5.96 Å². The number of hydrogen-bond acceptors (Lipinski definition) is 3. The lowest BCUT2D eigenvalue weighted by Crippen LogP contribution is -2.24. The molecule has 0 saturated carbocycles. The first-order valence-corrected chi connectivity index (χ1v) is 7.99. The summed E-state index contributed by atoms with van der Waals surface area (Å²) in [6, 6.07) is 9.40. The second-order valence-corrected chi connectivity index (χ2v) is 5.86. The SMILES string of the molecule is COc1ccc(C2=CCCc3ccc(C(=O)N=C(N)N)cc32)c(C)n1. The summed E-state index contributed by atoms with van der Waals surface area (Å²) < 4.78 is 5.18. The lowest BCUT2D eigenvalue weighted by molar-refractivity contribution is 0.100. The number of pyridine rings is 1. The van der Waals surface area contributed by atoms with Crippen molar-refractivity contribution >= 4 is 17.4 Å². The minimum absolute atomic E-state index is 0.242. The third-order valence-electron chi connectivity index (χ3n) is 4.20. The fourth-order valence-corrected chi connectivity index (χ4v) is 3.03. The van der Waals surface area contributed by atoms with E-state index < -0.39 is 5.91 Å². The van der Waals surface area contributed by atoms with Gasteiger partial charge in [-0.15, -0.1) is 0 Å². The lowest BCUT2D eigenvalue weighted by atomic mass is 9.85. The number of ether oxygens (including phenoxy) is 1. The van der Waals surface area contributed by atoms with Gasteiger partial charge in [-0.1, -0.05) is 12.1 Å². The molecule has 4 N–H and O–H groups in total. The highest BCUT2D eigenvalue weighted by atomic mass is 16.5. The standard InChI is InChI=1S/C19H20N4O2/c1-11-14(8-9-17(22-11)25-2)15-5-3-4-12-6-7-13(10-16(12)15)18(24)23-19(20)21/h5-10H,3-4H2,1-2H3,(H4,20,21,23,24). The van der Waals surface area contributed by atoms with Gasteiger partial charge in [0.1, 0.15) is 0 Å². The highest BCUT2D eigenvalue weighted by molar-refractivity contribution is 6.02. The first-order valence-electron chi connectivity index (χ1n) is 7.99. The second-order valence-electron chi connectivity index (χ2n) is 5.86. The molecule has 25 heavy (non-hydrogen) atoms. The van der Waals surface area contributed by atoms with Crippen molar-refractivity contribution in [3.05, 3.63) is 64.4 Å². The van der Waals surface area contributed by atoms with Gasteiger partial charge in [0.2, 0.25) is 5.88 Å². The van der Waals surface area contributed by atoms with Crippen molar-refractivity contribution in [2.45, 2.75) is 19.8 Å². The predicted molar refractivity (Wildman–Crippen MR) is 97.5 cm³/mol. The van der Waals surface area contributed by atoms with Gasteiger partial charge in [0.05, 0.1) is 7.11 Å². The number of benzene rings is 1. The second kappa shape index (κ2) is 6.76. The number of amides is 1. The molecule has 3 rings (SSSR count). The Morgan fingerprint density at radius 2 is 2.00 bits per heavy atom. The first-order chi connectivity index (χ1) is 12.0. The molecule has 1 heterocycles. The van der Waals surface area contributed by atoms with Gasteiger partial charge >= 0.3 is 0 Å². The predicted octanol–water partition coefficient (Wildman–Crippen LogP) is 2.19. The molecule has 1 aliphatic carbocycles. The van der Waals surface area contributed by atoms with Crippen molar-refractivity contribution in [2.75, 3.05) is 7.11 Å². The summed E-state index contributed by atoms with van der Waals surface area (Å²) in [6.07, 6.45) is 4.04. The van der Waals surface area contributed by atoms with Gasteiger partial charge in [0.25, 0.3) is 5.91 Å². The molecule has 0 aliphatic heterocycles. The summed E-state index contributed by atoms with van der Waals surface area (Å²) in [4.78, 5) is 20.2. The van der Waals surface area contributed by atoms with Crippen LogP contribution in [0, 0.1) is 6.92 Å². The summed E-state index contributed by atoms with van der Waals surface area (Å²) in [5.41, 5.74) is 16.2. The molecule has 0 saturated heterocycles. The molecule has 128 valence electrons. The molecule has 1 aliphatic rings. The number of fused-ring (bicyclic) bond motifs is 1. The Balaban J connectivity index is 2.07. The van der Waals surface area contributed by atoms with E-state index in [9.17, 15) is 4.79 Å². The van der Waals surface area contributed by atoms with E-state index in [1.54, 1.807) is 13.2 Å². The molecule has 0 bridgehead atoms. The molecule has 0 fully saturated rings. The van der Waals surface area contributed by atoms with Gasteiger partial charge in [0.15, 0.2) is 5.96 Å². The van der Waals surface area contributed by atoms with Crippen molar-refractivity contribution in [2.24, 2.45) is 16.5 Å². The van der Waals surface area contributed by atoms with Crippen LogP contribution in [0.2, 0.25) is 0 Å². The summed E-state index contributed by atoms with van der Waals surface area (Å²) >= 11 is 0. The van der Waals surface area contributed by atoms with Crippen LogP contribution in [0.25, 0.3) is 5.57 Å². The number of aromatic nitrogens is 1. The number of hydrogen-bond donors (Lipinski definition) is 2. The van der Waals surface area contributed by atoms with Crippen molar-refractivity contribution in [3.63, 3.8) is 0 Å². The van der Waals surface area contributed by atoms with Crippen LogP contribution < -0.4 is 16.2 Å². The number of guanidine groups is 1. The number of nitrogens with zero attached hydrogens (tertiary/aromatic N) is 2. The molecule has 0 unspecified atom stereocenters. The average molecular weight is 336 g/mol. The zero-order valence-electron chi connectivity index (χ0n) is 14.2. The minimum Gasteiger partial charge on any atom is -0.481 e. The topological polar surface area (TPSA) is 104 Å². The van der Waals surface area contributed by atoms with E-state index in [0.717, 1.165) is 35.2 Å². The van der Waals surface area contributed by atoms with E-state index >= 15 is 0 Å². The maximum absolute atomic E-state index is 12.1. The van der Waals surface area contributed by atoms with E-state index in [0.29, 0.717) is 11.4 Å². The molecule has 2 aromatic rings. The summed E-state index contributed by atoms with van der Waals surface area (Å²) in [5, 5.41) is 0. The van der Waals surface area contributed by atoms with Gasteiger partial charge < -0.3 is 16.2 Å². The van der Waals surface area contributed by atoms with Gasteiger partial charge in [-0.2, -0.15) is 4.99 Å². The Morgan fingerprint density at radius 3 is 2.68 bits per heavy atom. The van der Waals surface area contributed by atoms with Crippen LogP contribution in [-0.2, 0) is 6.42 Å². The van der Waals surface area contributed by atoms with Crippen LogP contribution in [-0.4, -0.2) is 24.0 Å². The zero-order valence-corrected chi connectivity index (χ0v) is 14.2. The molecular formula is C19H20N4O2. The lowest BCUT2D eigenvalue weighted by Gasteiger charge is -2.20. The average Bonchev–Trinajstić information content (AvgIpc) is 2.60. The van der Waals surface area contributed by atoms with Gasteiger partial charge in [-0.3, -0.25) is 4.79 Å². The van der Waals surface area contributed by atoms with Crippen molar-refractivity contribution in [1.82, 2.24) is 4.98 Å². The number of carbonyl (C=O) groups excluding carboxylic acids is 1. The van der Waals surface area contributed by atoms with Crippen molar-refractivity contribution < 1.29 is 9.53 Å². The monoisotopic (exact) mass is 336 g/mol. The van der Waals surface area contributed by atoms with Crippen molar-refractivity contribution in [3.8, 4) is 5.88 Å². The molecule has 1 aromatic carbocycles. The van der Waals surface area contributed by atoms with Crippen LogP contribution in [0.3, 0.4) is 0 Å². The van der Waals surface area contributed by atoms with Crippen LogP contribution in [0.1, 0.15) is 39.2 Å². The Labute approximate surface area is 146 Å². The van der Waals surface area contributed by atoms with E-state index in [1.807, 2.05) is 31.2 Å². The smallest absolute Gasteiger partial charge is 0.280 e. The Hall–Kier alpha value is -3.15. The summed E-state index contributed by atoms with van der Waals surface area (Å²) in [5.74, 6) is -0.111. The third kappa shape index (κ3) is 3.38. The molecule has 1 amide bonds. The largest absolute Gasteiger partial charge is 0.481 e. The van der Waals surface area contributed by atoms with Crippen LogP contribution >= 0.6 is 0 Å². The Bertz CT molecular complexity index is 896. The fraction of sp³-hybridized carbons (Fsp3) is 0.211. The van der Waals surface area contributed by atoms with Gasteiger partial charge in [-0.25, -0.2) is 4.98 Å². The highest BCUT2D eigenvalue weighted by Crippen LogP contribution is 2.34. The number of aliphatic imine (C=N–C) groups is 1. The molecular weight excluding hydrogens is 316 g/mol. The molecule has 6 heteroatoms. The molecule has 0 atom stereocenters. The molecule has 0 radical (unpaired) electrons. The number of methoxy groups -OCH3 is 1. The van der Waals surface area contributed by atoms with Crippen LogP contribution in [0.15, 0.2) is 41.4 Å². The number of aryl methyl sites for hydroxylation is 2. The Morgan fingerprint density at radius 1 is 1.20 bits per heavy atom. The fourth-order valence-electron chi connectivity index (χ4n) is 3.03. The first kappa shape index (κ1) is 16.7. The third-order valence-corrected chi connectivity index (χ3v) is 4.20. The highest BCUT2D eigenvalue weighted by Gasteiger charge is 2.18. The Kier molecular flexibility index (Phi) is 4.52. The quantitative estimate of drug-likeness (QED) is 0.660. The van der Waals surface area contributed by atoms with E-state index in [1.165, 1.54) is 5.56 Å². The number of allylic oxidation sites excluding steroid dienone is 1. The number of rotatable bonds is 3. The van der Waals surface area contributed by atoms with Gasteiger partial charge in [0, 0.05) is 22.9 Å². The minimum atomic E-state index is -0.447. The van der Waals surface area contributed by atoms with E-state index in [4.69, 9.17) is 16.2 Å². The molecule has 6 nitrogen and oxygen atoms in total. The maximum Gasteiger partial charge on any atom is 0.280 e. The van der Waals surface area contributed by atoms with Crippen LogP contribution in [0.5, 0.6) is 5.88 Å². The van der Waals surface area contributed by atoms with Gasteiger partial charge in [-0.05, 0) is 54.7 Å². The summed E-state index contributed by atoms with van der Waals surface area (Å²) in [6.45, 7) is 1.95. The summed E-state index contributed by atoms with van der Waals surface area (Å²) in [7, 11) is 1.60. The van der Waals surface area contributed by atoms with E-state index in [2.05, 4.69) is 16.1 Å². The number of nitrogens with two attached hydrogens (primary N) is 2. The number of carbonyl (C=O) groups is 1. The van der Waals surface area contributed by atoms with Crippen LogP contribution in [0.4, 0.5) is 0 Å². The van der Waals surface area contributed by atoms with Crippen molar-refractivity contribution in [1.29, 1.82) is 0 Å². The molecule has 0 spiro atoms. The molecule has 1 aromatic heterocycles. The normalized spacial score (nSPS) is 12.8. The zero-order chi connectivity index (χ0) is 18.0.